The van der Waals surface area contributed by atoms with Crippen molar-refractivity contribution in [2.75, 3.05) is 36.4 Å². The van der Waals surface area contributed by atoms with E-state index in [4.69, 9.17) is 33.2 Å². The summed E-state index contributed by atoms with van der Waals surface area (Å²) >= 11 is 12.5. The molecule has 5 rings (SSSR count). The number of hydrogen-bond acceptors (Lipinski definition) is 6. The van der Waals surface area contributed by atoms with Crippen LogP contribution in [0.1, 0.15) is 63.8 Å². The Morgan fingerprint density at radius 3 is 2.62 bits per heavy atom. The lowest BCUT2D eigenvalue weighted by molar-refractivity contribution is -0.158. The van der Waals surface area contributed by atoms with E-state index in [1.807, 2.05) is 25.1 Å². The standard InChI is InChI=1S/C28H37Cl2N5O2/c1-4-21-11-25(31-17(2)23-8-7-20(29)10-24(23)30)33-27(32-21)35-15-19(16-35)18-6-5-9-34(14-18)22-12-28(3,13-22)26(36)37/h7-8,10-11,17-19,22H,4-6,9,12-16H2,1-3H3,(H,36,37)(H,31,32,33)/t17?,18-,22?,28?/m0/s1. The number of rotatable bonds is 8. The number of carboxylic acid groups (broad SMARTS) is 1. The molecule has 37 heavy (non-hydrogen) atoms. The van der Waals surface area contributed by atoms with Crippen molar-refractivity contribution in [1.29, 1.82) is 0 Å². The van der Waals surface area contributed by atoms with Crippen LogP contribution in [0.25, 0.3) is 0 Å². The van der Waals surface area contributed by atoms with Gasteiger partial charge in [0.1, 0.15) is 5.82 Å². The molecule has 9 heteroatoms. The molecule has 3 fully saturated rings. The molecule has 0 radical (unpaired) electrons. The van der Waals surface area contributed by atoms with Crippen molar-refractivity contribution in [2.24, 2.45) is 17.3 Å². The van der Waals surface area contributed by atoms with E-state index >= 15 is 0 Å². The first kappa shape index (κ1) is 26.5. The van der Waals surface area contributed by atoms with Gasteiger partial charge in [-0.15, -0.1) is 0 Å². The van der Waals surface area contributed by atoms with Crippen LogP contribution in [0.3, 0.4) is 0 Å². The van der Waals surface area contributed by atoms with Gasteiger partial charge in [-0.1, -0.05) is 36.2 Å². The first-order chi connectivity index (χ1) is 17.6. The molecule has 1 aliphatic carbocycles. The SMILES string of the molecule is CCc1cc(NC(C)c2ccc(Cl)cc2Cl)nc(N2CC([C@H]3CCCN(C4CC(C)(C(=O)O)C4)C3)C2)n1. The van der Waals surface area contributed by atoms with Gasteiger partial charge >= 0.3 is 5.97 Å². The van der Waals surface area contributed by atoms with Crippen molar-refractivity contribution in [3.63, 3.8) is 0 Å². The van der Waals surface area contributed by atoms with Crippen LogP contribution >= 0.6 is 23.2 Å². The molecule has 1 unspecified atom stereocenters. The minimum absolute atomic E-state index is 0.0240. The fourth-order valence-corrected chi connectivity index (χ4v) is 6.75. The zero-order chi connectivity index (χ0) is 26.3. The van der Waals surface area contributed by atoms with Crippen LogP contribution in [0.5, 0.6) is 0 Å². The lowest BCUT2D eigenvalue weighted by Gasteiger charge is -2.52. The molecule has 200 valence electrons. The molecule has 2 atom stereocenters. The van der Waals surface area contributed by atoms with Crippen molar-refractivity contribution in [3.8, 4) is 0 Å². The van der Waals surface area contributed by atoms with Gasteiger partial charge < -0.3 is 20.2 Å². The molecule has 0 bridgehead atoms. The van der Waals surface area contributed by atoms with Gasteiger partial charge in [0.25, 0.3) is 0 Å². The van der Waals surface area contributed by atoms with Gasteiger partial charge in [-0.05, 0) is 82.0 Å². The molecule has 1 aromatic heterocycles. The van der Waals surface area contributed by atoms with Crippen LogP contribution in [0.2, 0.25) is 10.0 Å². The number of halogens is 2. The van der Waals surface area contributed by atoms with Gasteiger partial charge in [-0.2, -0.15) is 4.98 Å². The minimum Gasteiger partial charge on any atom is -0.481 e. The first-order valence-corrected chi connectivity index (χ1v) is 14.2. The summed E-state index contributed by atoms with van der Waals surface area (Å²) in [6, 6.07) is 7.99. The van der Waals surface area contributed by atoms with E-state index in [9.17, 15) is 9.90 Å². The third kappa shape index (κ3) is 5.55. The van der Waals surface area contributed by atoms with Crippen molar-refractivity contribution in [1.82, 2.24) is 14.9 Å². The summed E-state index contributed by atoms with van der Waals surface area (Å²) < 4.78 is 0. The lowest BCUT2D eigenvalue weighted by Crippen LogP contribution is -2.58. The predicted octanol–water partition coefficient (Wildman–Crippen LogP) is 5.92. The number of aliphatic carboxylic acids is 1. The van der Waals surface area contributed by atoms with Gasteiger partial charge in [0.2, 0.25) is 5.95 Å². The number of anilines is 2. The predicted molar refractivity (Wildman–Crippen MR) is 149 cm³/mol. The Kier molecular flexibility index (Phi) is 7.58. The van der Waals surface area contributed by atoms with E-state index in [0.717, 1.165) is 68.5 Å². The van der Waals surface area contributed by atoms with Crippen LogP contribution in [0.15, 0.2) is 24.3 Å². The third-order valence-electron chi connectivity index (χ3n) is 8.68. The molecule has 2 aromatic rings. The summed E-state index contributed by atoms with van der Waals surface area (Å²) in [5.74, 6) is 2.22. The Balaban J connectivity index is 1.20. The molecule has 1 aromatic carbocycles. The zero-order valence-corrected chi connectivity index (χ0v) is 23.4. The van der Waals surface area contributed by atoms with Crippen molar-refractivity contribution < 1.29 is 9.90 Å². The number of nitrogens with zero attached hydrogens (tertiary/aromatic N) is 4. The molecule has 2 aliphatic heterocycles. The Bertz CT molecular complexity index is 1150. The van der Waals surface area contributed by atoms with Crippen LogP contribution in [0, 0.1) is 17.3 Å². The Morgan fingerprint density at radius 2 is 1.95 bits per heavy atom. The summed E-state index contributed by atoms with van der Waals surface area (Å²) in [7, 11) is 0. The molecule has 2 N–H and O–H groups in total. The number of nitrogens with one attached hydrogen (secondary N) is 1. The monoisotopic (exact) mass is 545 g/mol. The fourth-order valence-electron chi connectivity index (χ4n) is 6.18. The second-order valence-electron chi connectivity index (χ2n) is 11.4. The Hall–Kier alpha value is -2.09. The summed E-state index contributed by atoms with van der Waals surface area (Å²) in [5.41, 5.74) is 1.46. The Labute approximate surface area is 229 Å². The highest BCUT2D eigenvalue weighted by Crippen LogP contribution is 2.45. The molecule has 1 saturated carbocycles. The van der Waals surface area contributed by atoms with Gasteiger partial charge in [-0.25, -0.2) is 4.98 Å². The maximum absolute atomic E-state index is 11.5. The van der Waals surface area contributed by atoms with Crippen LogP contribution < -0.4 is 10.2 Å². The van der Waals surface area contributed by atoms with E-state index in [1.54, 1.807) is 6.07 Å². The summed E-state index contributed by atoms with van der Waals surface area (Å²) in [6.45, 7) is 10.2. The zero-order valence-electron chi connectivity index (χ0n) is 21.9. The molecular weight excluding hydrogens is 509 g/mol. The van der Waals surface area contributed by atoms with Gasteiger partial charge in [0.15, 0.2) is 0 Å². The Morgan fingerprint density at radius 1 is 1.19 bits per heavy atom. The molecule has 7 nitrogen and oxygen atoms in total. The van der Waals surface area contributed by atoms with E-state index < -0.39 is 11.4 Å². The maximum Gasteiger partial charge on any atom is 0.309 e. The van der Waals surface area contributed by atoms with E-state index in [2.05, 4.69) is 29.0 Å². The summed E-state index contributed by atoms with van der Waals surface area (Å²) in [5, 5.41) is 14.2. The molecule has 2 saturated heterocycles. The number of carboxylic acids is 1. The highest BCUT2D eigenvalue weighted by atomic mass is 35.5. The third-order valence-corrected chi connectivity index (χ3v) is 9.24. The van der Waals surface area contributed by atoms with Crippen LogP contribution in [-0.2, 0) is 11.2 Å². The van der Waals surface area contributed by atoms with Gasteiger partial charge in [-0.3, -0.25) is 4.79 Å². The maximum atomic E-state index is 11.5. The van der Waals surface area contributed by atoms with E-state index in [-0.39, 0.29) is 6.04 Å². The number of benzene rings is 1. The number of hydrogen-bond donors (Lipinski definition) is 2. The normalized spacial score (nSPS) is 27.3. The molecule has 3 heterocycles. The largest absolute Gasteiger partial charge is 0.481 e. The average molecular weight is 547 g/mol. The summed E-state index contributed by atoms with van der Waals surface area (Å²) in [6.07, 6.45) is 4.84. The summed E-state index contributed by atoms with van der Waals surface area (Å²) in [4.78, 5) is 26.0. The quantitative estimate of drug-likeness (QED) is 0.425. The van der Waals surface area contributed by atoms with Crippen molar-refractivity contribution in [3.05, 3.63) is 45.6 Å². The van der Waals surface area contributed by atoms with Crippen LogP contribution in [0.4, 0.5) is 11.8 Å². The molecule has 3 aliphatic rings. The first-order valence-electron chi connectivity index (χ1n) is 13.5. The minimum atomic E-state index is -0.652. The molecule has 0 spiro atoms. The van der Waals surface area contributed by atoms with Crippen molar-refractivity contribution >= 4 is 40.9 Å². The van der Waals surface area contributed by atoms with Gasteiger partial charge in [0, 0.05) is 47.5 Å². The van der Waals surface area contributed by atoms with Crippen LogP contribution in [-0.4, -0.2) is 58.2 Å². The average Bonchev–Trinajstić information content (AvgIpc) is 2.81. The lowest BCUT2D eigenvalue weighted by atomic mass is 9.65. The number of likely N-dealkylation sites (tertiary alicyclic amines) is 1. The van der Waals surface area contributed by atoms with Gasteiger partial charge in [0.05, 0.1) is 11.5 Å². The number of piperidine rings is 1. The smallest absolute Gasteiger partial charge is 0.309 e. The second-order valence-corrected chi connectivity index (χ2v) is 12.3. The van der Waals surface area contributed by atoms with E-state index in [1.165, 1.54) is 12.8 Å². The number of aryl methyl sites for hydroxylation is 1. The second kappa shape index (κ2) is 10.6. The molecular formula is C28H37Cl2N5O2. The van der Waals surface area contributed by atoms with Crippen molar-refractivity contribution in [2.45, 2.75) is 65.0 Å². The fraction of sp³-hybridized carbons (Fsp3) is 0.607. The molecule has 0 amide bonds. The highest BCUT2D eigenvalue weighted by Gasteiger charge is 2.49. The highest BCUT2D eigenvalue weighted by molar-refractivity contribution is 6.35. The number of carbonyl (C=O) groups is 1. The topological polar surface area (TPSA) is 81.6 Å². The number of aromatic nitrogens is 2. The van der Waals surface area contributed by atoms with E-state index in [0.29, 0.717) is 27.9 Å².